The molecule has 1 aliphatic carbocycles. The zero-order valence-corrected chi connectivity index (χ0v) is 17.1. The molecule has 0 saturated carbocycles. The Morgan fingerprint density at radius 1 is 1.30 bits per heavy atom. The highest BCUT2D eigenvalue weighted by Gasteiger charge is 2.21. The molecule has 1 atom stereocenters. The quantitative estimate of drug-likeness (QED) is 0.748. The molecule has 1 aromatic heterocycles. The third kappa shape index (κ3) is 3.94. The summed E-state index contributed by atoms with van der Waals surface area (Å²) in [5, 5.41) is 0. The molecule has 0 unspecified atom stereocenters. The van der Waals surface area contributed by atoms with Gasteiger partial charge in [-0.15, -0.1) is 9.41 Å². The zero-order valence-electron chi connectivity index (χ0n) is 16.3. The summed E-state index contributed by atoms with van der Waals surface area (Å²) in [7, 11) is -1.29. The van der Waals surface area contributed by atoms with E-state index in [0.29, 0.717) is 6.04 Å². The van der Waals surface area contributed by atoms with Gasteiger partial charge in [0, 0.05) is 29.9 Å². The van der Waals surface area contributed by atoms with Crippen molar-refractivity contribution in [2.75, 3.05) is 37.2 Å². The van der Waals surface area contributed by atoms with Gasteiger partial charge in [0.25, 0.3) is 0 Å². The Morgan fingerprint density at radius 2 is 2.15 bits per heavy atom. The Balaban J connectivity index is 1.88. The molecule has 1 aliphatic heterocycles. The van der Waals surface area contributed by atoms with Crippen molar-refractivity contribution in [3.8, 4) is 11.3 Å². The van der Waals surface area contributed by atoms with Crippen LogP contribution in [0.15, 0.2) is 40.8 Å². The molecule has 2 heterocycles. The molecule has 0 radical (unpaired) electrons. The third-order valence-corrected chi connectivity index (χ3v) is 5.61. The van der Waals surface area contributed by atoms with E-state index >= 15 is 0 Å². The largest absolute Gasteiger partial charge is 0.377 e. The number of hydrogen-bond donors (Lipinski definition) is 0. The lowest BCUT2D eigenvalue weighted by molar-refractivity contribution is 0.0989. The van der Waals surface area contributed by atoms with Crippen molar-refractivity contribution in [1.29, 1.82) is 0 Å². The minimum atomic E-state index is -1.29. The Kier molecular flexibility index (Phi) is 4.82. The van der Waals surface area contributed by atoms with Gasteiger partial charge in [0.1, 0.15) is 0 Å². The molecule has 1 aromatic carbocycles. The summed E-state index contributed by atoms with van der Waals surface area (Å²) in [6, 6.07) is 11.1. The molecular weight excluding hydrogens is 354 g/mol. The van der Waals surface area contributed by atoms with E-state index in [0.717, 1.165) is 43.4 Å². The molecule has 1 saturated heterocycles. The molecule has 0 amide bonds. The SMILES string of the molecule is C=S(C)(C)=Nc1cc(N2CCOC[C@H]2C)cc(-c2cccc3c2C=CC3)n1. The second-order valence-electron chi connectivity index (χ2n) is 7.74. The number of benzene rings is 1. The highest BCUT2D eigenvalue weighted by Crippen LogP contribution is 2.34. The van der Waals surface area contributed by atoms with Crippen molar-refractivity contribution < 1.29 is 4.74 Å². The van der Waals surface area contributed by atoms with Gasteiger partial charge < -0.3 is 9.64 Å². The molecule has 2 aliphatic rings. The van der Waals surface area contributed by atoms with Gasteiger partial charge in [-0.25, -0.2) is 9.35 Å². The van der Waals surface area contributed by atoms with E-state index in [4.69, 9.17) is 14.1 Å². The maximum absolute atomic E-state index is 5.62. The van der Waals surface area contributed by atoms with Crippen LogP contribution in [0, 0.1) is 0 Å². The lowest BCUT2D eigenvalue weighted by atomic mass is 10.00. The molecule has 0 spiro atoms. The van der Waals surface area contributed by atoms with E-state index in [2.05, 4.69) is 72.7 Å². The third-order valence-electron chi connectivity index (χ3n) is 4.93. The first-order chi connectivity index (χ1) is 12.9. The molecule has 4 nitrogen and oxygen atoms in total. The van der Waals surface area contributed by atoms with E-state index in [9.17, 15) is 0 Å². The van der Waals surface area contributed by atoms with E-state index < -0.39 is 9.41 Å². The molecule has 27 heavy (non-hydrogen) atoms. The highest BCUT2D eigenvalue weighted by molar-refractivity contribution is 8.01. The number of aromatic nitrogens is 1. The van der Waals surface area contributed by atoms with Crippen molar-refractivity contribution in [2.24, 2.45) is 4.36 Å². The van der Waals surface area contributed by atoms with Gasteiger partial charge in [-0.05, 0) is 43.0 Å². The van der Waals surface area contributed by atoms with Crippen LogP contribution in [0.2, 0.25) is 0 Å². The van der Waals surface area contributed by atoms with Crippen LogP contribution in [0.1, 0.15) is 18.1 Å². The highest BCUT2D eigenvalue weighted by atomic mass is 32.2. The second-order valence-corrected chi connectivity index (χ2v) is 10.9. The number of nitrogens with zero attached hydrogens (tertiary/aromatic N) is 3. The smallest absolute Gasteiger partial charge is 0.160 e. The molecule has 0 N–H and O–H groups in total. The standard InChI is InChI=1S/C22H27N3OS/c1-16-15-26-12-11-25(16)18-13-21(23-22(14-18)24-27(2,3)4)20-10-6-8-17-7-5-9-19(17)20/h5-6,8-10,13-14,16H,2,7,11-12,15H2,1,3-4H3/t16-/m1/s1. The van der Waals surface area contributed by atoms with Crippen molar-refractivity contribution in [3.05, 3.63) is 47.5 Å². The van der Waals surface area contributed by atoms with Crippen LogP contribution in [-0.2, 0) is 20.6 Å². The molecular formula is C22H27N3OS. The number of morpholine rings is 1. The van der Waals surface area contributed by atoms with Gasteiger partial charge >= 0.3 is 0 Å². The summed E-state index contributed by atoms with van der Waals surface area (Å²) in [4.78, 5) is 7.31. The van der Waals surface area contributed by atoms with Gasteiger partial charge in [0.2, 0.25) is 0 Å². The van der Waals surface area contributed by atoms with Crippen LogP contribution in [0.4, 0.5) is 11.5 Å². The number of allylic oxidation sites excluding steroid dienone is 1. The summed E-state index contributed by atoms with van der Waals surface area (Å²) in [5.41, 5.74) is 5.97. The summed E-state index contributed by atoms with van der Waals surface area (Å²) in [6.07, 6.45) is 9.60. The van der Waals surface area contributed by atoms with E-state index in [1.165, 1.54) is 16.7 Å². The van der Waals surface area contributed by atoms with Crippen LogP contribution < -0.4 is 4.90 Å². The van der Waals surface area contributed by atoms with E-state index in [1.807, 2.05) is 0 Å². The minimum Gasteiger partial charge on any atom is -0.377 e. The first kappa shape index (κ1) is 18.3. The van der Waals surface area contributed by atoms with Crippen LogP contribution >= 0.6 is 0 Å². The van der Waals surface area contributed by atoms with E-state index in [-0.39, 0.29) is 0 Å². The molecule has 4 rings (SSSR count). The van der Waals surface area contributed by atoms with Crippen molar-refractivity contribution in [3.63, 3.8) is 0 Å². The fraction of sp³-hybridized carbons (Fsp3) is 0.364. The van der Waals surface area contributed by atoms with Crippen molar-refractivity contribution in [1.82, 2.24) is 4.98 Å². The normalized spacial score (nSPS) is 19.2. The van der Waals surface area contributed by atoms with E-state index in [1.54, 1.807) is 0 Å². The Bertz CT molecular complexity index is 1010. The lowest BCUT2D eigenvalue weighted by Crippen LogP contribution is -2.43. The fourth-order valence-electron chi connectivity index (χ4n) is 3.73. The molecule has 0 bridgehead atoms. The molecule has 2 aromatic rings. The number of rotatable bonds is 3. The van der Waals surface area contributed by atoms with Gasteiger partial charge in [-0.2, -0.15) is 0 Å². The number of anilines is 1. The number of ether oxygens (including phenoxy) is 1. The van der Waals surface area contributed by atoms with Gasteiger partial charge in [-0.1, -0.05) is 36.2 Å². The lowest BCUT2D eigenvalue weighted by Gasteiger charge is -2.35. The van der Waals surface area contributed by atoms with Crippen molar-refractivity contribution in [2.45, 2.75) is 19.4 Å². The molecule has 5 heteroatoms. The number of fused-ring (bicyclic) bond motifs is 1. The monoisotopic (exact) mass is 381 g/mol. The van der Waals surface area contributed by atoms with Crippen molar-refractivity contribution >= 4 is 32.9 Å². The Morgan fingerprint density at radius 3 is 2.93 bits per heavy atom. The molecule has 142 valence electrons. The van der Waals surface area contributed by atoms with Gasteiger partial charge in [-0.3, -0.25) is 0 Å². The first-order valence-corrected chi connectivity index (χ1v) is 11.9. The zero-order chi connectivity index (χ0) is 19.0. The summed E-state index contributed by atoms with van der Waals surface area (Å²) < 4.78 is 10.5. The second kappa shape index (κ2) is 7.13. The summed E-state index contributed by atoms with van der Waals surface area (Å²) in [5.74, 6) is 4.99. The van der Waals surface area contributed by atoms with Crippen LogP contribution in [0.25, 0.3) is 17.3 Å². The Hall–Kier alpha value is -2.11. The molecule has 1 fully saturated rings. The van der Waals surface area contributed by atoms with Crippen LogP contribution in [0.5, 0.6) is 0 Å². The predicted molar refractivity (Wildman–Crippen MR) is 118 cm³/mol. The minimum absolute atomic E-state index is 0.336. The number of pyridine rings is 1. The van der Waals surface area contributed by atoms with Gasteiger partial charge in [0.15, 0.2) is 5.82 Å². The number of hydrogen-bond acceptors (Lipinski definition) is 4. The Labute approximate surface area is 162 Å². The average Bonchev–Trinajstić information content (AvgIpc) is 3.09. The fourth-order valence-corrected chi connectivity index (χ4v) is 4.33. The summed E-state index contributed by atoms with van der Waals surface area (Å²) in [6.45, 7) is 4.59. The average molecular weight is 382 g/mol. The van der Waals surface area contributed by atoms with Crippen LogP contribution in [0.3, 0.4) is 0 Å². The predicted octanol–water partition coefficient (Wildman–Crippen LogP) is 4.20. The topological polar surface area (TPSA) is 37.7 Å². The first-order valence-electron chi connectivity index (χ1n) is 9.35. The van der Waals surface area contributed by atoms with Gasteiger partial charge in [0.05, 0.1) is 18.9 Å². The maximum atomic E-state index is 5.62. The maximum Gasteiger partial charge on any atom is 0.160 e. The van der Waals surface area contributed by atoms with Crippen LogP contribution in [-0.4, -0.2) is 49.2 Å². The summed E-state index contributed by atoms with van der Waals surface area (Å²) >= 11 is 0.